The molecule has 5 nitrogen and oxygen atoms in total. The van der Waals surface area contributed by atoms with Crippen LogP contribution in [-0.4, -0.2) is 13.4 Å². The van der Waals surface area contributed by atoms with E-state index < -0.39 is 10.0 Å². The highest BCUT2D eigenvalue weighted by molar-refractivity contribution is 7.92. The molecule has 0 aliphatic rings. The molecule has 22 heavy (non-hydrogen) atoms. The highest BCUT2D eigenvalue weighted by Gasteiger charge is 2.17. The van der Waals surface area contributed by atoms with Crippen molar-refractivity contribution in [1.29, 1.82) is 0 Å². The highest BCUT2D eigenvalue weighted by Crippen LogP contribution is 2.25. The molecule has 0 atom stereocenters. The van der Waals surface area contributed by atoms with Crippen molar-refractivity contribution in [1.82, 2.24) is 4.98 Å². The van der Waals surface area contributed by atoms with Crippen LogP contribution in [0.15, 0.2) is 45.7 Å². The maximum atomic E-state index is 12.5. The fraction of sp³-hybridized carbons (Fsp3) is 0.133. The minimum absolute atomic E-state index is 0.127. The zero-order chi connectivity index (χ0) is 15.9. The van der Waals surface area contributed by atoms with Crippen molar-refractivity contribution in [3.63, 3.8) is 0 Å². The van der Waals surface area contributed by atoms with Crippen molar-refractivity contribution in [2.75, 3.05) is 4.72 Å². The Labute approximate surface area is 133 Å². The van der Waals surface area contributed by atoms with Gasteiger partial charge < -0.3 is 4.42 Å². The summed E-state index contributed by atoms with van der Waals surface area (Å²) in [5, 5.41) is 0.555. The Balaban J connectivity index is 2.00. The molecule has 0 aliphatic carbocycles. The number of halogens is 1. The molecule has 0 aliphatic heterocycles. The minimum Gasteiger partial charge on any atom is -0.441 e. The van der Waals surface area contributed by atoms with Crippen molar-refractivity contribution in [2.24, 2.45) is 0 Å². The molecule has 0 fully saturated rings. The summed E-state index contributed by atoms with van der Waals surface area (Å²) < 4.78 is 32.9. The molecule has 2 aromatic carbocycles. The molecule has 0 saturated heterocycles. The lowest BCUT2D eigenvalue weighted by Gasteiger charge is -2.10. The lowest BCUT2D eigenvalue weighted by Crippen LogP contribution is -2.13. The molecular formula is C15H13ClN2O3S. The molecule has 0 spiro atoms. The van der Waals surface area contributed by atoms with Gasteiger partial charge in [0, 0.05) is 11.9 Å². The van der Waals surface area contributed by atoms with Crippen LogP contribution < -0.4 is 4.72 Å². The number of hydrogen-bond donors (Lipinski definition) is 1. The van der Waals surface area contributed by atoms with Crippen LogP contribution in [0.1, 0.15) is 11.5 Å². The Hall–Kier alpha value is -2.05. The Morgan fingerprint density at radius 1 is 1.14 bits per heavy atom. The SMILES string of the molecule is Cc1nc2cc(S(=O)(=O)Nc3ccc(Cl)cc3C)ccc2o1. The second-order valence-corrected chi connectivity index (χ2v) is 7.05. The quantitative estimate of drug-likeness (QED) is 0.787. The molecule has 0 unspecified atom stereocenters. The van der Waals surface area contributed by atoms with Gasteiger partial charge in [0.2, 0.25) is 0 Å². The molecule has 3 rings (SSSR count). The van der Waals surface area contributed by atoms with E-state index in [0.29, 0.717) is 27.7 Å². The molecular weight excluding hydrogens is 324 g/mol. The maximum Gasteiger partial charge on any atom is 0.261 e. The molecule has 1 N–H and O–H groups in total. The molecule has 114 valence electrons. The number of rotatable bonds is 3. The third-order valence-electron chi connectivity index (χ3n) is 3.21. The monoisotopic (exact) mass is 336 g/mol. The largest absolute Gasteiger partial charge is 0.441 e. The second-order valence-electron chi connectivity index (χ2n) is 4.93. The number of anilines is 1. The van der Waals surface area contributed by atoms with Crippen LogP contribution in [0.2, 0.25) is 5.02 Å². The van der Waals surface area contributed by atoms with Crippen LogP contribution in [0.4, 0.5) is 5.69 Å². The van der Waals surface area contributed by atoms with E-state index >= 15 is 0 Å². The van der Waals surface area contributed by atoms with Gasteiger partial charge in [-0.25, -0.2) is 13.4 Å². The van der Waals surface area contributed by atoms with Crippen molar-refractivity contribution in [2.45, 2.75) is 18.7 Å². The standard InChI is InChI=1S/C15H13ClN2O3S/c1-9-7-11(16)3-5-13(9)18-22(19,20)12-4-6-15-14(8-12)17-10(2)21-15/h3-8,18H,1-2H3. The number of nitrogens with zero attached hydrogens (tertiary/aromatic N) is 1. The Kier molecular flexibility index (Phi) is 3.58. The summed E-state index contributed by atoms with van der Waals surface area (Å²) in [5.41, 5.74) is 2.29. The summed E-state index contributed by atoms with van der Waals surface area (Å²) in [6.07, 6.45) is 0. The zero-order valence-corrected chi connectivity index (χ0v) is 13.5. The van der Waals surface area contributed by atoms with E-state index in [2.05, 4.69) is 9.71 Å². The summed E-state index contributed by atoms with van der Waals surface area (Å²) in [4.78, 5) is 4.27. The summed E-state index contributed by atoms with van der Waals surface area (Å²) in [6, 6.07) is 9.53. The number of fused-ring (bicyclic) bond motifs is 1. The molecule has 3 aromatic rings. The van der Waals surface area contributed by atoms with Gasteiger partial charge in [-0.05, 0) is 48.9 Å². The van der Waals surface area contributed by atoms with Crippen molar-refractivity contribution < 1.29 is 12.8 Å². The van der Waals surface area contributed by atoms with E-state index in [1.807, 2.05) is 0 Å². The fourth-order valence-electron chi connectivity index (χ4n) is 2.13. The van der Waals surface area contributed by atoms with Gasteiger partial charge in [-0.2, -0.15) is 0 Å². The first-order chi connectivity index (χ1) is 10.3. The molecule has 0 saturated carbocycles. The van der Waals surface area contributed by atoms with Gasteiger partial charge in [-0.3, -0.25) is 4.72 Å². The minimum atomic E-state index is -3.71. The van der Waals surface area contributed by atoms with Gasteiger partial charge in [-0.1, -0.05) is 11.6 Å². The van der Waals surface area contributed by atoms with Crippen LogP contribution in [0.25, 0.3) is 11.1 Å². The van der Waals surface area contributed by atoms with E-state index in [0.717, 1.165) is 5.56 Å². The lowest BCUT2D eigenvalue weighted by molar-refractivity contribution is 0.561. The average Bonchev–Trinajstić information content (AvgIpc) is 2.81. The number of hydrogen-bond acceptors (Lipinski definition) is 4. The lowest BCUT2D eigenvalue weighted by atomic mass is 10.2. The van der Waals surface area contributed by atoms with Gasteiger partial charge in [0.05, 0.1) is 10.6 Å². The molecule has 1 heterocycles. The van der Waals surface area contributed by atoms with Gasteiger partial charge >= 0.3 is 0 Å². The maximum absolute atomic E-state index is 12.5. The predicted molar refractivity (Wildman–Crippen MR) is 85.7 cm³/mol. The normalized spacial score (nSPS) is 11.8. The highest BCUT2D eigenvalue weighted by atomic mass is 35.5. The summed E-state index contributed by atoms with van der Waals surface area (Å²) >= 11 is 5.88. The summed E-state index contributed by atoms with van der Waals surface area (Å²) in [7, 11) is -3.71. The fourth-order valence-corrected chi connectivity index (χ4v) is 3.51. The van der Waals surface area contributed by atoms with Crippen molar-refractivity contribution >= 4 is 38.4 Å². The Morgan fingerprint density at radius 3 is 2.64 bits per heavy atom. The van der Waals surface area contributed by atoms with Crippen molar-refractivity contribution in [3.8, 4) is 0 Å². The van der Waals surface area contributed by atoms with Gasteiger partial charge in [0.1, 0.15) is 5.52 Å². The molecule has 0 amide bonds. The molecule has 7 heteroatoms. The third kappa shape index (κ3) is 2.80. The predicted octanol–water partition coefficient (Wildman–Crippen LogP) is 3.90. The van der Waals surface area contributed by atoms with Crippen LogP contribution in [0, 0.1) is 13.8 Å². The number of nitrogens with one attached hydrogen (secondary N) is 1. The van der Waals surface area contributed by atoms with E-state index in [4.69, 9.17) is 16.0 Å². The van der Waals surface area contributed by atoms with E-state index in [9.17, 15) is 8.42 Å². The molecule has 1 aromatic heterocycles. The summed E-state index contributed by atoms with van der Waals surface area (Å²) in [6.45, 7) is 3.50. The first kappa shape index (κ1) is 14.9. The van der Waals surface area contributed by atoms with Crippen LogP contribution in [-0.2, 0) is 10.0 Å². The summed E-state index contributed by atoms with van der Waals surface area (Å²) in [5.74, 6) is 0.492. The smallest absolute Gasteiger partial charge is 0.261 e. The topological polar surface area (TPSA) is 72.2 Å². The number of aromatic nitrogens is 1. The van der Waals surface area contributed by atoms with Crippen molar-refractivity contribution in [3.05, 3.63) is 52.9 Å². The van der Waals surface area contributed by atoms with Crippen LogP contribution >= 0.6 is 11.6 Å². The number of aryl methyl sites for hydroxylation is 2. The number of sulfonamides is 1. The molecule has 0 bridgehead atoms. The Morgan fingerprint density at radius 2 is 1.91 bits per heavy atom. The van der Waals surface area contributed by atoms with E-state index in [1.165, 1.54) is 12.1 Å². The van der Waals surface area contributed by atoms with Gasteiger partial charge in [-0.15, -0.1) is 0 Å². The zero-order valence-electron chi connectivity index (χ0n) is 11.9. The first-order valence-corrected chi connectivity index (χ1v) is 8.37. The van der Waals surface area contributed by atoms with Crippen LogP contribution in [0.3, 0.4) is 0 Å². The average molecular weight is 337 g/mol. The first-order valence-electron chi connectivity index (χ1n) is 6.51. The number of oxazole rings is 1. The Bertz CT molecular complexity index is 964. The van der Waals surface area contributed by atoms with Gasteiger partial charge in [0.15, 0.2) is 11.5 Å². The number of benzene rings is 2. The molecule has 0 radical (unpaired) electrons. The van der Waals surface area contributed by atoms with E-state index in [1.54, 1.807) is 38.1 Å². The van der Waals surface area contributed by atoms with Crippen LogP contribution in [0.5, 0.6) is 0 Å². The second kappa shape index (κ2) is 5.30. The van der Waals surface area contributed by atoms with Gasteiger partial charge in [0.25, 0.3) is 10.0 Å². The van der Waals surface area contributed by atoms with E-state index in [-0.39, 0.29) is 4.90 Å². The third-order valence-corrected chi connectivity index (χ3v) is 4.81.